The molecule has 1 heteroatoms. The first-order valence-corrected chi connectivity index (χ1v) is 5.31. The van der Waals surface area contributed by atoms with Crippen molar-refractivity contribution in [1.29, 1.82) is 0 Å². The summed E-state index contributed by atoms with van der Waals surface area (Å²) in [5.74, 6) is 0. The minimum atomic E-state index is 1.17. The minimum absolute atomic E-state index is 1.17. The minimum Gasteiger partial charge on any atom is -0.109 e. The van der Waals surface area contributed by atoms with E-state index in [1.807, 2.05) is 0 Å². The average molecular weight is 187 g/mol. The van der Waals surface area contributed by atoms with Gasteiger partial charge in [-0.3, -0.25) is 0 Å². The summed E-state index contributed by atoms with van der Waals surface area (Å²) in [4.78, 5) is 0. The molecule has 0 bridgehead atoms. The summed E-state index contributed by atoms with van der Waals surface area (Å²) in [6, 6.07) is 0. The molecule has 0 unspecified atom stereocenters. The highest BCUT2D eigenvalue weighted by atomic mass is 35.5. The van der Waals surface area contributed by atoms with Gasteiger partial charge in [0.15, 0.2) is 0 Å². The molecule has 0 spiro atoms. The number of allylic oxidation sites excluding steroid dienone is 1. The largest absolute Gasteiger partial charge is 0.109 e. The van der Waals surface area contributed by atoms with Crippen LogP contribution in [0.4, 0.5) is 0 Å². The molecular formula is C11H19Cl. The van der Waals surface area contributed by atoms with Crippen LogP contribution in [0.3, 0.4) is 0 Å². The molecule has 0 saturated carbocycles. The molecule has 0 radical (unpaired) electrons. The summed E-state index contributed by atoms with van der Waals surface area (Å²) >= 11 is 5.50. The predicted octanol–water partition coefficient (Wildman–Crippen LogP) is 4.64. The second-order valence-corrected chi connectivity index (χ2v) is 3.28. The first-order chi connectivity index (χ1) is 5.85. The Labute approximate surface area is 81.3 Å². The van der Waals surface area contributed by atoms with E-state index in [-0.39, 0.29) is 0 Å². The maximum absolute atomic E-state index is 5.50. The molecule has 0 saturated heterocycles. The van der Waals surface area contributed by atoms with Crippen molar-refractivity contribution in [2.75, 3.05) is 0 Å². The highest BCUT2D eigenvalue weighted by Crippen LogP contribution is 2.13. The summed E-state index contributed by atoms with van der Waals surface area (Å²) in [6.45, 7) is 4.42. The molecule has 0 aliphatic carbocycles. The lowest BCUT2D eigenvalue weighted by atomic mass is 10.0. The van der Waals surface area contributed by atoms with E-state index < -0.39 is 0 Å². The molecular weight excluding hydrogens is 168 g/mol. The molecule has 0 aliphatic rings. The highest BCUT2D eigenvalue weighted by Gasteiger charge is 1.94. The van der Waals surface area contributed by atoms with Gasteiger partial charge < -0.3 is 0 Å². The van der Waals surface area contributed by atoms with Gasteiger partial charge in [0.25, 0.3) is 0 Å². The van der Waals surface area contributed by atoms with Crippen LogP contribution in [0, 0.1) is 0 Å². The third-order valence-electron chi connectivity index (χ3n) is 1.92. The lowest BCUT2D eigenvalue weighted by Gasteiger charge is -2.01. The van der Waals surface area contributed by atoms with E-state index in [2.05, 4.69) is 19.6 Å². The van der Waals surface area contributed by atoms with Crippen molar-refractivity contribution in [2.45, 2.75) is 52.4 Å². The summed E-state index contributed by atoms with van der Waals surface area (Å²) in [5.41, 5.74) is 6.01. The van der Waals surface area contributed by atoms with Gasteiger partial charge in [0.2, 0.25) is 0 Å². The smallest absolute Gasteiger partial charge is 0.0462 e. The Kier molecular flexibility index (Phi) is 8.76. The first kappa shape index (κ1) is 11.8. The Morgan fingerprint density at radius 1 is 1.17 bits per heavy atom. The third kappa shape index (κ3) is 6.52. The molecule has 70 valence electrons. The predicted molar refractivity (Wildman–Crippen MR) is 56.5 cm³/mol. The molecule has 0 aliphatic heterocycles. The molecule has 0 aromatic heterocycles. The van der Waals surface area contributed by atoms with Gasteiger partial charge in [-0.05, 0) is 31.3 Å². The van der Waals surface area contributed by atoms with Gasteiger partial charge in [-0.25, -0.2) is 0 Å². The van der Waals surface area contributed by atoms with Crippen molar-refractivity contribution >= 4 is 11.6 Å². The van der Waals surface area contributed by atoms with E-state index in [1.54, 1.807) is 0 Å². The molecule has 0 aromatic carbocycles. The monoisotopic (exact) mass is 186 g/mol. The lowest BCUT2D eigenvalue weighted by molar-refractivity contribution is 0.714. The van der Waals surface area contributed by atoms with Crippen molar-refractivity contribution < 1.29 is 0 Å². The van der Waals surface area contributed by atoms with Gasteiger partial charge in [-0.15, -0.1) is 5.73 Å². The Morgan fingerprint density at radius 2 is 1.67 bits per heavy atom. The van der Waals surface area contributed by atoms with E-state index in [0.29, 0.717) is 0 Å². The van der Waals surface area contributed by atoms with Crippen molar-refractivity contribution in [3.63, 3.8) is 0 Å². The van der Waals surface area contributed by atoms with Crippen molar-refractivity contribution in [1.82, 2.24) is 0 Å². The van der Waals surface area contributed by atoms with Crippen LogP contribution in [-0.4, -0.2) is 0 Å². The van der Waals surface area contributed by atoms with E-state index in [0.717, 1.165) is 0 Å². The van der Waals surface area contributed by atoms with Gasteiger partial charge in [-0.2, -0.15) is 0 Å². The van der Waals surface area contributed by atoms with E-state index in [9.17, 15) is 0 Å². The van der Waals surface area contributed by atoms with Crippen LogP contribution in [0.15, 0.2) is 16.8 Å². The molecule has 0 nitrogen and oxygen atoms in total. The zero-order chi connectivity index (χ0) is 9.23. The summed E-state index contributed by atoms with van der Waals surface area (Å²) < 4.78 is 0. The van der Waals surface area contributed by atoms with Crippen LogP contribution in [0.2, 0.25) is 0 Å². The van der Waals surface area contributed by atoms with Crippen LogP contribution >= 0.6 is 11.6 Å². The fourth-order valence-corrected chi connectivity index (χ4v) is 1.28. The third-order valence-corrected chi connectivity index (χ3v) is 2.03. The molecule has 0 amide bonds. The van der Waals surface area contributed by atoms with Crippen LogP contribution < -0.4 is 0 Å². The van der Waals surface area contributed by atoms with Crippen molar-refractivity contribution in [2.24, 2.45) is 0 Å². The number of rotatable bonds is 6. The average Bonchev–Trinajstić information content (AvgIpc) is 2.10. The van der Waals surface area contributed by atoms with E-state index >= 15 is 0 Å². The number of halogens is 1. The Hall–Kier alpha value is -0.190. The summed E-state index contributed by atoms with van der Waals surface area (Å²) in [6.07, 6.45) is 7.35. The topological polar surface area (TPSA) is 0 Å². The first-order valence-electron chi connectivity index (χ1n) is 4.88. The van der Waals surface area contributed by atoms with Gasteiger partial charge in [0, 0.05) is 5.54 Å². The lowest BCUT2D eigenvalue weighted by Crippen LogP contribution is -1.82. The fourth-order valence-electron chi connectivity index (χ4n) is 1.13. The standard InChI is InChI=1S/C11H19Cl/c1-3-5-7-11(9-10-12)8-6-4-2/h10H,3-8H2,1-2H3. The van der Waals surface area contributed by atoms with E-state index in [4.69, 9.17) is 11.6 Å². The Morgan fingerprint density at radius 3 is 2.00 bits per heavy atom. The quantitative estimate of drug-likeness (QED) is 0.530. The zero-order valence-electron chi connectivity index (χ0n) is 8.20. The van der Waals surface area contributed by atoms with Gasteiger partial charge in [-0.1, -0.05) is 38.3 Å². The van der Waals surface area contributed by atoms with Crippen LogP contribution in [0.25, 0.3) is 0 Å². The van der Waals surface area contributed by atoms with Crippen LogP contribution in [0.1, 0.15) is 52.4 Å². The van der Waals surface area contributed by atoms with Crippen LogP contribution in [0.5, 0.6) is 0 Å². The number of unbranched alkanes of at least 4 members (excludes halogenated alkanes) is 2. The molecule has 0 aromatic rings. The van der Waals surface area contributed by atoms with Crippen molar-refractivity contribution in [3.05, 3.63) is 16.8 Å². The summed E-state index contributed by atoms with van der Waals surface area (Å²) in [7, 11) is 0. The molecule has 0 N–H and O–H groups in total. The van der Waals surface area contributed by atoms with Gasteiger partial charge in [0.1, 0.15) is 0 Å². The normalized spacial score (nSPS) is 9.25. The highest BCUT2D eigenvalue weighted by molar-refractivity contribution is 6.25. The maximum atomic E-state index is 5.50. The molecule has 0 heterocycles. The van der Waals surface area contributed by atoms with Crippen molar-refractivity contribution in [3.8, 4) is 0 Å². The molecule has 0 atom stereocenters. The Bertz CT molecular complexity index is 142. The maximum Gasteiger partial charge on any atom is 0.0462 e. The summed E-state index contributed by atoms with van der Waals surface area (Å²) in [5, 5.41) is 0. The number of hydrogen-bond acceptors (Lipinski definition) is 0. The van der Waals surface area contributed by atoms with Gasteiger partial charge >= 0.3 is 0 Å². The van der Waals surface area contributed by atoms with Gasteiger partial charge in [0.05, 0.1) is 0 Å². The molecule has 0 fully saturated rings. The second kappa shape index (κ2) is 8.90. The fraction of sp³-hybridized carbons (Fsp3) is 0.727. The second-order valence-electron chi connectivity index (χ2n) is 3.06. The van der Waals surface area contributed by atoms with E-state index in [1.165, 1.54) is 49.6 Å². The number of hydrogen-bond donors (Lipinski definition) is 0. The molecule has 12 heavy (non-hydrogen) atoms. The molecule has 0 rings (SSSR count). The zero-order valence-corrected chi connectivity index (χ0v) is 8.95. The SMILES string of the molecule is CCCCC(=C=CCl)CCCC. The Balaban J connectivity index is 3.80. The van der Waals surface area contributed by atoms with Crippen LogP contribution in [-0.2, 0) is 0 Å².